The lowest BCUT2D eigenvalue weighted by molar-refractivity contribution is 0.0726. The van der Waals surface area contributed by atoms with Crippen LogP contribution in [-0.4, -0.2) is 28.9 Å². The molecule has 116 valence electrons. The Hall–Kier alpha value is -2.20. The SMILES string of the molecule is O=C(c1cc(-c2cccs2)nc2ccccc12)N1CCCCC1. The number of carbonyl (C=O) groups is 1. The molecule has 1 fully saturated rings. The lowest BCUT2D eigenvalue weighted by atomic mass is 10.0. The molecule has 1 aliphatic heterocycles. The molecular weight excluding hydrogens is 304 g/mol. The highest BCUT2D eigenvalue weighted by atomic mass is 32.1. The Labute approximate surface area is 139 Å². The molecule has 0 spiro atoms. The van der Waals surface area contributed by atoms with Crippen molar-refractivity contribution in [2.45, 2.75) is 19.3 Å². The van der Waals surface area contributed by atoms with Gasteiger partial charge in [-0.3, -0.25) is 4.79 Å². The molecule has 3 heterocycles. The van der Waals surface area contributed by atoms with Gasteiger partial charge in [0.15, 0.2) is 0 Å². The van der Waals surface area contributed by atoms with Gasteiger partial charge in [0.1, 0.15) is 0 Å². The molecule has 3 nitrogen and oxygen atoms in total. The van der Waals surface area contributed by atoms with Gasteiger partial charge in [-0.25, -0.2) is 4.98 Å². The number of carbonyl (C=O) groups excluding carboxylic acids is 1. The van der Waals surface area contributed by atoms with Crippen molar-refractivity contribution < 1.29 is 4.79 Å². The molecule has 2 aromatic heterocycles. The lowest BCUT2D eigenvalue weighted by Gasteiger charge is -2.27. The highest BCUT2D eigenvalue weighted by Crippen LogP contribution is 2.29. The van der Waals surface area contributed by atoms with E-state index in [-0.39, 0.29) is 5.91 Å². The first-order chi connectivity index (χ1) is 11.3. The van der Waals surface area contributed by atoms with E-state index in [4.69, 9.17) is 4.98 Å². The molecule has 1 aliphatic rings. The minimum atomic E-state index is 0.140. The molecule has 0 aliphatic carbocycles. The second kappa shape index (κ2) is 6.13. The first kappa shape index (κ1) is 14.4. The number of likely N-dealkylation sites (tertiary alicyclic amines) is 1. The predicted octanol–water partition coefficient (Wildman–Crippen LogP) is 4.59. The molecule has 4 heteroatoms. The Kier molecular flexibility index (Phi) is 3.83. The summed E-state index contributed by atoms with van der Waals surface area (Å²) < 4.78 is 0. The number of aromatic nitrogens is 1. The van der Waals surface area contributed by atoms with E-state index in [1.807, 2.05) is 46.7 Å². The first-order valence-electron chi connectivity index (χ1n) is 8.06. The molecule has 0 N–H and O–H groups in total. The summed E-state index contributed by atoms with van der Waals surface area (Å²) in [7, 11) is 0. The Morgan fingerprint density at radius 3 is 2.65 bits per heavy atom. The van der Waals surface area contributed by atoms with E-state index < -0.39 is 0 Å². The Balaban J connectivity index is 1.84. The van der Waals surface area contributed by atoms with Crippen LogP contribution < -0.4 is 0 Å². The fraction of sp³-hybridized carbons (Fsp3) is 0.263. The molecule has 4 rings (SSSR count). The van der Waals surface area contributed by atoms with Gasteiger partial charge in [-0.15, -0.1) is 11.3 Å². The number of amides is 1. The van der Waals surface area contributed by atoms with Crippen LogP contribution in [0.5, 0.6) is 0 Å². The molecular formula is C19H18N2OS. The van der Waals surface area contributed by atoms with E-state index in [9.17, 15) is 4.79 Å². The Bertz CT molecular complexity index is 836. The molecule has 3 aromatic rings. The van der Waals surface area contributed by atoms with Crippen molar-refractivity contribution in [2.24, 2.45) is 0 Å². The van der Waals surface area contributed by atoms with Crippen LogP contribution in [0.4, 0.5) is 0 Å². The summed E-state index contributed by atoms with van der Waals surface area (Å²) in [6.45, 7) is 1.73. The van der Waals surface area contributed by atoms with Crippen LogP contribution in [0.1, 0.15) is 29.6 Å². The first-order valence-corrected chi connectivity index (χ1v) is 8.94. The van der Waals surface area contributed by atoms with Crippen molar-refractivity contribution in [3.05, 3.63) is 53.4 Å². The molecule has 1 amide bonds. The average Bonchev–Trinajstić information content (AvgIpc) is 3.15. The van der Waals surface area contributed by atoms with Crippen molar-refractivity contribution >= 4 is 28.1 Å². The number of nitrogens with zero attached hydrogens (tertiary/aromatic N) is 2. The summed E-state index contributed by atoms with van der Waals surface area (Å²) in [5, 5.41) is 2.99. The topological polar surface area (TPSA) is 33.2 Å². The molecule has 0 unspecified atom stereocenters. The van der Waals surface area contributed by atoms with Gasteiger partial charge in [-0.1, -0.05) is 24.3 Å². The summed E-state index contributed by atoms with van der Waals surface area (Å²) in [5.41, 5.74) is 2.55. The van der Waals surface area contributed by atoms with E-state index in [0.717, 1.165) is 53.0 Å². The second-order valence-electron chi connectivity index (χ2n) is 5.90. The van der Waals surface area contributed by atoms with Crippen LogP contribution in [-0.2, 0) is 0 Å². The third-order valence-electron chi connectivity index (χ3n) is 4.36. The average molecular weight is 322 g/mol. The monoisotopic (exact) mass is 322 g/mol. The van der Waals surface area contributed by atoms with Crippen LogP contribution >= 0.6 is 11.3 Å². The van der Waals surface area contributed by atoms with Gasteiger partial charge in [0.2, 0.25) is 0 Å². The zero-order valence-electron chi connectivity index (χ0n) is 12.9. The van der Waals surface area contributed by atoms with Gasteiger partial charge in [0.05, 0.1) is 21.7 Å². The summed E-state index contributed by atoms with van der Waals surface area (Å²) in [5.74, 6) is 0.140. The number of hydrogen-bond donors (Lipinski definition) is 0. The third kappa shape index (κ3) is 2.75. The van der Waals surface area contributed by atoms with Crippen LogP contribution in [0.25, 0.3) is 21.5 Å². The summed E-state index contributed by atoms with van der Waals surface area (Å²) in [4.78, 5) is 20.9. The minimum absolute atomic E-state index is 0.140. The van der Waals surface area contributed by atoms with E-state index in [2.05, 4.69) is 6.07 Å². The van der Waals surface area contributed by atoms with Crippen LogP contribution in [0.2, 0.25) is 0 Å². The van der Waals surface area contributed by atoms with Crippen molar-refractivity contribution in [1.29, 1.82) is 0 Å². The normalized spacial score (nSPS) is 15.0. The quantitative estimate of drug-likeness (QED) is 0.691. The van der Waals surface area contributed by atoms with Crippen molar-refractivity contribution in [3.8, 4) is 10.6 Å². The zero-order valence-corrected chi connectivity index (χ0v) is 13.7. The second-order valence-corrected chi connectivity index (χ2v) is 6.85. The summed E-state index contributed by atoms with van der Waals surface area (Å²) >= 11 is 1.65. The van der Waals surface area contributed by atoms with E-state index in [1.165, 1.54) is 6.42 Å². The van der Waals surface area contributed by atoms with E-state index >= 15 is 0 Å². The fourth-order valence-electron chi connectivity index (χ4n) is 3.17. The Morgan fingerprint density at radius 1 is 1.04 bits per heavy atom. The number of pyridine rings is 1. The number of piperidine rings is 1. The maximum Gasteiger partial charge on any atom is 0.254 e. The van der Waals surface area contributed by atoms with Gasteiger partial charge in [0.25, 0.3) is 5.91 Å². The number of para-hydroxylation sites is 1. The number of thiophene rings is 1. The van der Waals surface area contributed by atoms with Gasteiger partial charge < -0.3 is 4.90 Å². The maximum absolute atomic E-state index is 13.0. The summed E-state index contributed by atoms with van der Waals surface area (Å²) in [6, 6.07) is 14.0. The molecule has 1 saturated heterocycles. The minimum Gasteiger partial charge on any atom is -0.339 e. The molecule has 0 atom stereocenters. The van der Waals surface area contributed by atoms with Gasteiger partial charge >= 0.3 is 0 Å². The fourth-order valence-corrected chi connectivity index (χ4v) is 3.86. The van der Waals surface area contributed by atoms with Gasteiger partial charge in [0, 0.05) is 18.5 Å². The predicted molar refractivity (Wildman–Crippen MR) is 94.8 cm³/mol. The van der Waals surface area contributed by atoms with E-state index in [1.54, 1.807) is 11.3 Å². The lowest BCUT2D eigenvalue weighted by Crippen LogP contribution is -2.35. The van der Waals surface area contributed by atoms with Crippen LogP contribution in [0, 0.1) is 0 Å². The highest BCUT2D eigenvalue weighted by Gasteiger charge is 2.21. The van der Waals surface area contributed by atoms with Crippen molar-refractivity contribution in [1.82, 2.24) is 9.88 Å². The third-order valence-corrected chi connectivity index (χ3v) is 5.26. The number of rotatable bonds is 2. The molecule has 1 aromatic carbocycles. The largest absolute Gasteiger partial charge is 0.339 e. The standard InChI is InChI=1S/C19H18N2OS/c22-19(21-10-4-1-5-11-21)15-13-17(18-9-6-12-23-18)20-16-8-3-2-7-14(15)16/h2-3,6-9,12-13H,1,4-5,10-11H2. The number of fused-ring (bicyclic) bond motifs is 1. The molecule has 0 radical (unpaired) electrons. The summed E-state index contributed by atoms with van der Waals surface area (Å²) in [6.07, 6.45) is 3.43. The molecule has 0 saturated carbocycles. The highest BCUT2D eigenvalue weighted by molar-refractivity contribution is 7.13. The van der Waals surface area contributed by atoms with Crippen LogP contribution in [0.15, 0.2) is 47.8 Å². The molecule has 23 heavy (non-hydrogen) atoms. The van der Waals surface area contributed by atoms with Gasteiger partial charge in [-0.05, 0) is 42.8 Å². The zero-order chi connectivity index (χ0) is 15.6. The Morgan fingerprint density at radius 2 is 1.87 bits per heavy atom. The van der Waals surface area contributed by atoms with E-state index in [0.29, 0.717) is 0 Å². The van der Waals surface area contributed by atoms with Crippen LogP contribution in [0.3, 0.4) is 0 Å². The smallest absolute Gasteiger partial charge is 0.254 e. The van der Waals surface area contributed by atoms with Crippen molar-refractivity contribution in [2.75, 3.05) is 13.1 Å². The van der Waals surface area contributed by atoms with Crippen molar-refractivity contribution in [3.63, 3.8) is 0 Å². The number of hydrogen-bond acceptors (Lipinski definition) is 3. The maximum atomic E-state index is 13.0. The molecule has 0 bridgehead atoms. The van der Waals surface area contributed by atoms with Gasteiger partial charge in [-0.2, -0.15) is 0 Å². The number of benzene rings is 1.